The molecule has 104 valence electrons. The van der Waals surface area contributed by atoms with Crippen molar-refractivity contribution in [1.82, 2.24) is 0 Å². The molecule has 0 fully saturated rings. The summed E-state index contributed by atoms with van der Waals surface area (Å²) >= 11 is 0. The third-order valence-electron chi connectivity index (χ3n) is 0. The molecule has 0 saturated carbocycles. The molecule has 0 heterocycles. The number of hydrogen-bond acceptors (Lipinski definition) is 12. The molecule has 0 aliphatic heterocycles. The molecule has 0 rings (SSSR count). The summed E-state index contributed by atoms with van der Waals surface area (Å²) in [4.78, 5) is 76.9. The van der Waals surface area contributed by atoms with Crippen LogP contribution in [0.1, 0.15) is 0 Å². The van der Waals surface area contributed by atoms with E-state index in [9.17, 15) is 0 Å². The molecule has 0 atom stereocenters. The molecule has 0 radical (unpaired) electrons. The van der Waals surface area contributed by atoms with Gasteiger partial charge in [0.15, 0.2) is 0 Å². The van der Waals surface area contributed by atoms with Crippen LogP contribution in [0.2, 0.25) is 0 Å². The summed E-state index contributed by atoms with van der Waals surface area (Å²) in [5.41, 5.74) is 0. The summed E-state index contributed by atoms with van der Waals surface area (Å²) in [6.45, 7) is 0. The summed E-state index contributed by atoms with van der Waals surface area (Å²) < 4.78 is 25.6. The summed E-state index contributed by atoms with van der Waals surface area (Å²) in [5.74, 6) is 0. The Balaban J connectivity index is -0.0000000277. The van der Waals surface area contributed by atoms with Gasteiger partial charge in [0.25, 0.3) is 0 Å². The van der Waals surface area contributed by atoms with E-state index < -0.39 is 23.5 Å². The Hall–Kier alpha value is 2.39. The van der Waals surface area contributed by atoms with Gasteiger partial charge >= 0.3 is 63.6 Å². The van der Waals surface area contributed by atoms with E-state index >= 15 is 0 Å². The van der Waals surface area contributed by atoms with Crippen LogP contribution in [0, 0.1) is 0 Å². The van der Waals surface area contributed by atoms with Crippen molar-refractivity contribution in [2.24, 2.45) is 0 Å². The van der Waals surface area contributed by atoms with Gasteiger partial charge in [-0.25, -0.2) is 0 Å². The SMILES string of the molecule is O=P([O-])([O-])[O-].O=P([O-])([O-])[O-].O=P([O-])([O-])[O-].[AsH6+3].[Ga+3].[In+3]. The Morgan fingerprint density at radius 1 is 0.500 bits per heavy atom. The molecule has 0 aromatic rings. The maximum atomic E-state index is 8.55. The predicted molar refractivity (Wildman–Crippen MR) is 48.5 cm³/mol. The second kappa shape index (κ2) is 15.8. The van der Waals surface area contributed by atoms with E-state index in [-0.39, 0.29) is 63.6 Å². The van der Waals surface area contributed by atoms with Gasteiger partial charge in [-0.1, -0.05) is 0 Å². The predicted octanol–water partition coefficient (Wildman–Crippen LogP) is -11.2. The smallest absolute Gasteiger partial charge is 3.00 e. The molecular formula is H6AsGaInO12P3. The van der Waals surface area contributed by atoms with Crippen molar-refractivity contribution in [2.45, 2.75) is 0 Å². The van der Waals surface area contributed by atoms with Crippen LogP contribution in [0.5, 0.6) is 0 Å². The first-order valence-corrected chi connectivity index (χ1v) is 6.57. The molecule has 0 amide bonds. The van der Waals surface area contributed by atoms with E-state index in [1.165, 1.54) is 0 Å². The molecule has 18 heteroatoms. The Morgan fingerprint density at radius 2 is 0.500 bits per heavy atom. The van der Waals surface area contributed by atoms with Gasteiger partial charge in [-0.2, -0.15) is 23.5 Å². The van der Waals surface area contributed by atoms with Crippen molar-refractivity contribution in [1.29, 1.82) is 0 Å². The zero-order chi connectivity index (χ0) is 13.5. The van der Waals surface area contributed by atoms with E-state index in [0.29, 0.717) is 0 Å². The van der Waals surface area contributed by atoms with Gasteiger partial charge in [0.2, 0.25) is 0 Å². The van der Waals surface area contributed by atoms with Gasteiger partial charge in [0.1, 0.15) is 0 Å². The fraction of sp³-hybridized carbons (Fsp3) is 0. The van der Waals surface area contributed by atoms with Crippen LogP contribution in [0.3, 0.4) is 0 Å². The molecule has 0 bridgehead atoms. The minimum Gasteiger partial charge on any atom is 3.00 e. The second-order valence-corrected chi connectivity index (χ2v) is 4.02. The third kappa shape index (κ3) is 970. The fourth-order valence-corrected chi connectivity index (χ4v) is 0. The van der Waals surface area contributed by atoms with Gasteiger partial charge in [0.05, 0.1) is 0 Å². The molecule has 0 unspecified atom stereocenters. The molecule has 0 aromatic carbocycles. The fourth-order valence-electron chi connectivity index (χ4n) is 0. The topological polar surface area (TPSA) is 259 Å². The average Bonchev–Trinajstić information content (AvgIpc) is 1.41. The quantitative estimate of drug-likeness (QED) is 0.201. The van der Waals surface area contributed by atoms with Gasteiger partial charge < -0.3 is 57.7 Å². The van der Waals surface area contributed by atoms with E-state index in [2.05, 4.69) is 0 Å². The minimum absolute atomic E-state index is 0. The normalized spacial score (nSPS) is 9.83. The van der Waals surface area contributed by atoms with Crippen molar-refractivity contribution < 1.29 is 57.7 Å². The zero-order valence-corrected chi connectivity index (χ0v) is 15.8. The Kier molecular flexibility index (Phi) is 32.5. The van der Waals surface area contributed by atoms with Crippen molar-refractivity contribution in [2.75, 3.05) is 0 Å². The number of hydrogen-bond donors (Lipinski definition) is 0. The largest absolute Gasteiger partial charge is 3.00 e. The van der Waals surface area contributed by atoms with Crippen LogP contribution < -0.4 is 44.0 Å². The van der Waals surface area contributed by atoms with Crippen LogP contribution in [-0.4, -0.2) is 63.6 Å². The van der Waals surface area contributed by atoms with Crippen molar-refractivity contribution in [3.8, 4) is 0 Å². The number of phosphoric acid groups is 3. The maximum Gasteiger partial charge on any atom is 3.00 e. The van der Waals surface area contributed by atoms with Gasteiger partial charge in [0, 0.05) is 0 Å². The summed E-state index contributed by atoms with van der Waals surface area (Å²) in [6, 6.07) is 0. The summed E-state index contributed by atoms with van der Waals surface area (Å²) in [7, 11) is -16.2. The van der Waals surface area contributed by atoms with Crippen LogP contribution in [0.15, 0.2) is 0 Å². The summed E-state index contributed by atoms with van der Waals surface area (Å²) in [6.07, 6.45) is 0. The molecule has 18 heavy (non-hydrogen) atoms. The first kappa shape index (κ1) is 37.0. The molecule has 0 N–H and O–H groups in total. The van der Waals surface area contributed by atoms with Crippen LogP contribution in [-0.2, 0) is 13.7 Å². The van der Waals surface area contributed by atoms with Gasteiger partial charge in [-0.15, -0.1) is 0 Å². The molecule has 0 saturated heterocycles. The standard InChI is InChI=1S/AsH6.Ga.In.3H3O4P/c;;;3*1-5(2,3)4/h1H6;;;3*(H3,1,2,3,4)/q3*+3;;;/p-9. The van der Waals surface area contributed by atoms with E-state index in [4.69, 9.17) is 57.7 Å². The Labute approximate surface area is 144 Å². The second-order valence-electron chi connectivity index (χ2n) is 1.34. The molecular weight excluding hydrogens is 544 g/mol. The van der Waals surface area contributed by atoms with Crippen LogP contribution in [0.25, 0.3) is 0 Å². The van der Waals surface area contributed by atoms with Crippen molar-refractivity contribution in [3.05, 3.63) is 0 Å². The van der Waals surface area contributed by atoms with Gasteiger partial charge in [-0.3, -0.25) is 0 Å². The van der Waals surface area contributed by atoms with Crippen molar-refractivity contribution >= 4 is 87.1 Å². The van der Waals surface area contributed by atoms with E-state index in [1.54, 1.807) is 0 Å². The van der Waals surface area contributed by atoms with E-state index in [1.807, 2.05) is 0 Å². The molecule has 12 nitrogen and oxygen atoms in total. The first-order chi connectivity index (χ1) is 6.00. The summed E-state index contributed by atoms with van der Waals surface area (Å²) in [5, 5.41) is 0. The minimum atomic E-state index is -5.39. The average molecular weight is 550 g/mol. The van der Waals surface area contributed by atoms with Crippen LogP contribution >= 0.6 is 23.5 Å². The molecule has 0 spiro atoms. The third-order valence-corrected chi connectivity index (χ3v) is 0. The zero-order valence-electron chi connectivity index (χ0n) is 7.40. The first-order valence-electron chi connectivity index (χ1n) is 2.19. The maximum absolute atomic E-state index is 8.55. The number of rotatable bonds is 0. The molecule has 0 aliphatic rings. The van der Waals surface area contributed by atoms with Crippen molar-refractivity contribution in [3.63, 3.8) is 0 Å². The monoisotopic (exact) mass is 550 g/mol. The van der Waals surface area contributed by atoms with Gasteiger partial charge in [-0.05, 0) is 0 Å². The Bertz CT molecular complexity index is 213. The Morgan fingerprint density at radius 3 is 0.500 bits per heavy atom. The molecule has 0 aliphatic carbocycles. The van der Waals surface area contributed by atoms with Crippen LogP contribution in [0.4, 0.5) is 0 Å². The molecule has 0 aromatic heterocycles. The van der Waals surface area contributed by atoms with E-state index in [0.717, 1.165) is 0 Å².